The normalized spacial score (nSPS) is 12.9. The third-order valence-electron chi connectivity index (χ3n) is 3.75. The summed E-state index contributed by atoms with van der Waals surface area (Å²) in [6.07, 6.45) is 8.82. The van der Waals surface area contributed by atoms with Crippen LogP contribution in [0.1, 0.15) is 59.3 Å². The van der Waals surface area contributed by atoms with E-state index in [9.17, 15) is 8.42 Å². The van der Waals surface area contributed by atoms with E-state index in [4.69, 9.17) is 0 Å². The van der Waals surface area contributed by atoms with Crippen molar-refractivity contribution in [2.75, 3.05) is 10.0 Å². The van der Waals surface area contributed by atoms with Gasteiger partial charge in [-0.25, -0.2) is 0 Å². The Morgan fingerprint density at radius 2 is 1.11 bits per heavy atom. The van der Waals surface area contributed by atoms with Crippen molar-refractivity contribution < 1.29 is 8.42 Å². The van der Waals surface area contributed by atoms with Crippen LogP contribution in [0.3, 0.4) is 0 Å². The Kier molecular flexibility index (Phi) is 10.0. The molecule has 0 N–H and O–H groups in total. The summed E-state index contributed by atoms with van der Waals surface area (Å²) in [5, 5.41) is 0. The molecule has 0 radical (unpaired) electrons. The molecule has 0 saturated carbocycles. The van der Waals surface area contributed by atoms with Crippen molar-refractivity contribution in [3.8, 4) is 0 Å². The standard InChI is InChI=1S/3C4H9.C2H5O2S.Sn/c3*1-3-4-2;1-5(2,3)4;/h3*1,3-4H2,2H3;1H2,2H3;. The monoisotopic (exact) mass is 384 g/mol. The molecule has 0 aromatic heterocycles. The van der Waals surface area contributed by atoms with Gasteiger partial charge in [0.25, 0.3) is 0 Å². The number of rotatable bonds is 11. The zero-order valence-electron chi connectivity index (χ0n) is 12.8. The van der Waals surface area contributed by atoms with Crippen LogP contribution in [0.2, 0.25) is 13.3 Å². The van der Waals surface area contributed by atoms with Crippen molar-refractivity contribution in [1.29, 1.82) is 0 Å². The van der Waals surface area contributed by atoms with Crippen molar-refractivity contribution in [3.05, 3.63) is 0 Å². The van der Waals surface area contributed by atoms with Crippen LogP contribution in [0.5, 0.6) is 0 Å². The van der Waals surface area contributed by atoms with E-state index in [-0.39, 0.29) is 0 Å². The summed E-state index contributed by atoms with van der Waals surface area (Å²) in [4.78, 5) is 0. The summed E-state index contributed by atoms with van der Waals surface area (Å²) in [6, 6.07) is 0. The van der Waals surface area contributed by atoms with Crippen LogP contribution < -0.4 is 0 Å². The van der Waals surface area contributed by atoms with Crippen LogP contribution in [0.15, 0.2) is 0 Å². The van der Waals surface area contributed by atoms with Crippen LogP contribution >= 0.6 is 0 Å². The Morgan fingerprint density at radius 3 is 1.33 bits per heavy atom. The molecule has 18 heavy (non-hydrogen) atoms. The predicted molar refractivity (Wildman–Crippen MR) is 84.6 cm³/mol. The average molecular weight is 383 g/mol. The molecule has 0 bridgehead atoms. The molecule has 2 nitrogen and oxygen atoms in total. The number of unbranched alkanes of at least 4 members (excludes halogenated alkanes) is 3. The second kappa shape index (κ2) is 9.62. The van der Waals surface area contributed by atoms with Gasteiger partial charge in [-0.15, -0.1) is 0 Å². The second-order valence-electron chi connectivity index (χ2n) is 5.88. The molecule has 0 aliphatic carbocycles. The molecule has 0 atom stereocenters. The zero-order chi connectivity index (χ0) is 14.1. The predicted octanol–water partition coefficient (Wildman–Crippen LogP) is 4.42. The Balaban J connectivity index is 4.84. The van der Waals surface area contributed by atoms with E-state index < -0.39 is 28.2 Å². The SMILES string of the molecule is CCC[CH2][Sn]([CH2]CCC)([CH2]CCC)[CH2]S(C)(=O)=O. The summed E-state index contributed by atoms with van der Waals surface area (Å²) in [5.74, 6) is 0. The van der Waals surface area contributed by atoms with Crippen molar-refractivity contribution in [3.63, 3.8) is 0 Å². The van der Waals surface area contributed by atoms with Gasteiger partial charge in [-0.05, 0) is 0 Å². The van der Waals surface area contributed by atoms with Gasteiger partial charge in [-0.1, -0.05) is 0 Å². The summed E-state index contributed by atoms with van der Waals surface area (Å²) < 4.78 is 28.0. The van der Waals surface area contributed by atoms with E-state index in [1.807, 2.05) is 0 Å². The van der Waals surface area contributed by atoms with Crippen molar-refractivity contribution in [2.24, 2.45) is 0 Å². The molecular formula is C14H32O2SSn. The molecule has 0 rings (SSSR count). The minimum absolute atomic E-state index is 0.599. The van der Waals surface area contributed by atoms with Crippen LogP contribution in [0.25, 0.3) is 0 Å². The van der Waals surface area contributed by atoms with Crippen LogP contribution in [0.4, 0.5) is 0 Å². The van der Waals surface area contributed by atoms with Gasteiger partial charge >= 0.3 is 119 Å². The number of sulfone groups is 1. The van der Waals surface area contributed by atoms with Crippen molar-refractivity contribution in [1.82, 2.24) is 0 Å². The maximum absolute atomic E-state index is 11.8. The van der Waals surface area contributed by atoms with Gasteiger partial charge < -0.3 is 0 Å². The summed E-state index contributed by atoms with van der Waals surface area (Å²) in [5.41, 5.74) is 0. The zero-order valence-corrected chi connectivity index (χ0v) is 16.5. The molecule has 0 amide bonds. The van der Waals surface area contributed by atoms with Crippen molar-refractivity contribution >= 4 is 28.2 Å². The number of hydrogen-bond acceptors (Lipinski definition) is 2. The Labute approximate surface area is 119 Å². The molecule has 0 aliphatic heterocycles. The summed E-state index contributed by atoms with van der Waals surface area (Å²) in [7, 11) is -2.78. The van der Waals surface area contributed by atoms with Gasteiger partial charge in [0.2, 0.25) is 0 Å². The minimum atomic E-state index is -2.78. The molecule has 0 saturated heterocycles. The van der Waals surface area contributed by atoms with Gasteiger partial charge in [0.05, 0.1) is 0 Å². The van der Waals surface area contributed by atoms with E-state index in [0.717, 1.165) is 0 Å². The maximum atomic E-state index is 11.8. The van der Waals surface area contributed by atoms with Crippen LogP contribution in [-0.4, -0.2) is 36.8 Å². The first-order valence-electron chi connectivity index (χ1n) is 7.57. The van der Waals surface area contributed by atoms with Crippen molar-refractivity contribution in [2.45, 2.75) is 72.6 Å². The molecule has 110 valence electrons. The fourth-order valence-corrected chi connectivity index (χ4v) is 29.2. The van der Waals surface area contributed by atoms with Gasteiger partial charge in [0.15, 0.2) is 0 Å². The Hall–Kier alpha value is 0.749. The fraction of sp³-hybridized carbons (Fsp3) is 1.00. The molecule has 4 heteroatoms. The molecule has 0 aliphatic rings. The molecule has 0 fully saturated rings. The van der Waals surface area contributed by atoms with Gasteiger partial charge in [-0.3, -0.25) is 0 Å². The first-order chi connectivity index (χ1) is 8.39. The fourth-order valence-electron chi connectivity index (χ4n) is 2.80. The second-order valence-corrected chi connectivity index (χ2v) is 23.3. The first kappa shape index (κ1) is 18.7. The van der Waals surface area contributed by atoms with E-state index in [1.54, 1.807) is 0 Å². The van der Waals surface area contributed by atoms with E-state index >= 15 is 0 Å². The first-order valence-corrected chi connectivity index (χ1v) is 17.7. The topological polar surface area (TPSA) is 34.1 Å². The van der Waals surface area contributed by atoms with Gasteiger partial charge in [0.1, 0.15) is 0 Å². The van der Waals surface area contributed by atoms with E-state index in [0.29, 0.717) is 3.77 Å². The summed E-state index contributed by atoms with van der Waals surface area (Å²) >= 11 is -2.42. The quantitative estimate of drug-likeness (QED) is 0.495. The number of hydrogen-bond donors (Lipinski definition) is 0. The Morgan fingerprint density at radius 1 is 0.778 bits per heavy atom. The molecular weight excluding hydrogens is 351 g/mol. The van der Waals surface area contributed by atoms with E-state index in [1.165, 1.54) is 58.1 Å². The molecule has 0 unspecified atom stereocenters. The Bertz CT molecular complexity index is 277. The molecule has 0 heterocycles. The third kappa shape index (κ3) is 8.78. The van der Waals surface area contributed by atoms with E-state index in [2.05, 4.69) is 20.8 Å². The van der Waals surface area contributed by atoms with Crippen LogP contribution in [0, 0.1) is 0 Å². The van der Waals surface area contributed by atoms with Gasteiger partial charge in [0, 0.05) is 0 Å². The molecule has 0 spiro atoms. The molecule has 0 aromatic carbocycles. The summed E-state index contributed by atoms with van der Waals surface area (Å²) in [6.45, 7) is 6.66. The van der Waals surface area contributed by atoms with Crippen LogP contribution in [-0.2, 0) is 9.84 Å². The third-order valence-corrected chi connectivity index (χ3v) is 26.7. The molecule has 0 aromatic rings. The van der Waals surface area contributed by atoms with Gasteiger partial charge in [-0.2, -0.15) is 0 Å². The average Bonchev–Trinajstić information content (AvgIpc) is 2.29.